The number of thiophene rings is 1. The first kappa shape index (κ1) is 20.0. The Bertz CT molecular complexity index is 1020. The lowest BCUT2D eigenvalue weighted by atomic mass is 9.88. The molecule has 28 heavy (non-hydrogen) atoms. The van der Waals surface area contributed by atoms with Gasteiger partial charge in [0.05, 0.1) is 34.3 Å². The number of aromatic amines is 1. The van der Waals surface area contributed by atoms with Gasteiger partial charge in [0, 0.05) is 12.2 Å². The Morgan fingerprint density at radius 2 is 2.00 bits per heavy atom. The van der Waals surface area contributed by atoms with Crippen molar-refractivity contribution < 1.29 is 14.4 Å². The number of hydrogen-bond acceptors (Lipinski definition) is 6. The highest BCUT2D eigenvalue weighted by Gasteiger charge is 2.24. The van der Waals surface area contributed by atoms with Gasteiger partial charge in [-0.1, -0.05) is 20.8 Å². The number of hydroxylamine groups is 1. The van der Waals surface area contributed by atoms with E-state index in [4.69, 9.17) is 0 Å². The first-order valence-corrected chi connectivity index (χ1v) is 9.61. The number of carbonyl (C=O) groups excluding carboxylic acids is 2. The van der Waals surface area contributed by atoms with E-state index in [0.29, 0.717) is 27.3 Å². The molecule has 3 rings (SSSR count). The summed E-state index contributed by atoms with van der Waals surface area (Å²) < 4.78 is 0. The van der Waals surface area contributed by atoms with Gasteiger partial charge < -0.3 is 10.3 Å². The highest BCUT2D eigenvalue weighted by molar-refractivity contribution is 7.17. The minimum Gasteiger partial charge on any atom is -0.349 e. The van der Waals surface area contributed by atoms with Gasteiger partial charge >= 0.3 is 0 Å². The van der Waals surface area contributed by atoms with E-state index in [0.717, 1.165) is 4.88 Å². The Balaban J connectivity index is 1.91. The molecule has 0 spiro atoms. The fourth-order valence-corrected chi connectivity index (χ4v) is 3.26. The standard InChI is InChI=1S/C19H23N5O3S/c1-10(19(2,3)4)22-17(25)11-8-20-16-15(11)23-12(9-21-16)13-6-7-14(28-13)18(26)24-27-5/h6-10H,1-5H3,(H,20,21)(H,22,25)(H,24,26). The van der Waals surface area contributed by atoms with Crippen molar-refractivity contribution in [3.05, 3.63) is 35.0 Å². The van der Waals surface area contributed by atoms with E-state index in [-0.39, 0.29) is 23.3 Å². The predicted octanol–water partition coefficient (Wildman–Crippen LogP) is 3.14. The summed E-state index contributed by atoms with van der Waals surface area (Å²) in [6.07, 6.45) is 3.23. The van der Waals surface area contributed by atoms with Gasteiger partial charge in [0.15, 0.2) is 5.65 Å². The van der Waals surface area contributed by atoms with E-state index in [1.165, 1.54) is 18.4 Å². The van der Waals surface area contributed by atoms with Crippen molar-refractivity contribution in [2.45, 2.75) is 33.7 Å². The summed E-state index contributed by atoms with van der Waals surface area (Å²) in [4.78, 5) is 42.5. The number of nitrogens with one attached hydrogen (secondary N) is 3. The van der Waals surface area contributed by atoms with Gasteiger partial charge in [0.1, 0.15) is 5.52 Å². The predicted molar refractivity (Wildman–Crippen MR) is 108 cm³/mol. The molecule has 0 aliphatic carbocycles. The molecule has 0 aromatic carbocycles. The maximum absolute atomic E-state index is 12.7. The van der Waals surface area contributed by atoms with Crippen LogP contribution in [0.15, 0.2) is 24.5 Å². The third kappa shape index (κ3) is 4.05. The van der Waals surface area contributed by atoms with Gasteiger partial charge in [-0.2, -0.15) is 0 Å². The minimum absolute atomic E-state index is 0.0137. The van der Waals surface area contributed by atoms with Crippen LogP contribution in [0.2, 0.25) is 0 Å². The van der Waals surface area contributed by atoms with Crippen LogP contribution in [0.3, 0.4) is 0 Å². The zero-order valence-electron chi connectivity index (χ0n) is 16.4. The highest BCUT2D eigenvalue weighted by Crippen LogP contribution is 2.28. The molecule has 0 aliphatic rings. The molecule has 0 bridgehead atoms. The monoisotopic (exact) mass is 401 g/mol. The molecule has 3 aromatic rings. The van der Waals surface area contributed by atoms with Crippen molar-refractivity contribution in [1.29, 1.82) is 0 Å². The summed E-state index contributed by atoms with van der Waals surface area (Å²) in [5.41, 5.74) is 4.28. The van der Waals surface area contributed by atoms with E-state index < -0.39 is 0 Å². The molecule has 0 radical (unpaired) electrons. The first-order chi connectivity index (χ1) is 13.2. The van der Waals surface area contributed by atoms with Crippen LogP contribution >= 0.6 is 11.3 Å². The van der Waals surface area contributed by atoms with Crippen LogP contribution in [-0.4, -0.2) is 39.9 Å². The number of carbonyl (C=O) groups is 2. The van der Waals surface area contributed by atoms with E-state index in [9.17, 15) is 9.59 Å². The van der Waals surface area contributed by atoms with Crippen LogP contribution in [0.4, 0.5) is 0 Å². The molecule has 8 nitrogen and oxygen atoms in total. The van der Waals surface area contributed by atoms with Gasteiger partial charge in [0.25, 0.3) is 11.8 Å². The number of rotatable bonds is 5. The summed E-state index contributed by atoms with van der Waals surface area (Å²) >= 11 is 1.27. The number of nitrogens with zero attached hydrogens (tertiary/aromatic N) is 2. The van der Waals surface area contributed by atoms with Crippen LogP contribution in [0, 0.1) is 5.41 Å². The fourth-order valence-electron chi connectivity index (χ4n) is 2.41. The molecular weight excluding hydrogens is 378 g/mol. The maximum atomic E-state index is 12.7. The smallest absolute Gasteiger partial charge is 0.284 e. The molecule has 3 heterocycles. The summed E-state index contributed by atoms with van der Waals surface area (Å²) in [5, 5.41) is 3.02. The van der Waals surface area contributed by atoms with Gasteiger partial charge in [0.2, 0.25) is 0 Å². The summed E-state index contributed by atoms with van der Waals surface area (Å²) in [6.45, 7) is 8.18. The second-order valence-corrected chi connectivity index (χ2v) is 8.60. The quantitative estimate of drug-likeness (QED) is 0.569. The number of amides is 2. The Kier molecular flexibility index (Phi) is 5.48. The zero-order valence-corrected chi connectivity index (χ0v) is 17.2. The van der Waals surface area contributed by atoms with E-state index in [2.05, 4.69) is 51.4 Å². The van der Waals surface area contributed by atoms with Crippen LogP contribution < -0.4 is 10.8 Å². The molecular formula is C19H23N5O3S. The lowest BCUT2D eigenvalue weighted by Gasteiger charge is -2.27. The average Bonchev–Trinajstić information content (AvgIpc) is 3.27. The van der Waals surface area contributed by atoms with E-state index in [1.807, 2.05) is 6.92 Å². The molecule has 3 N–H and O–H groups in total. The zero-order chi connectivity index (χ0) is 20.5. The van der Waals surface area contributed by atoms with Crippen molar-refractivity contribution in [2.24, 2.45) is 5.41 Å². The number of aromatic nitrogens is 3. The van der Waals surface area contributed by atoms with Crippen molar-refractivity contribution >= 4 is 34.3 Å². The van der Waals surface area contributed by atoms with Crippen molar-refractivity contribution in [1.82, 2.24) is 25.7 Å². The summed E-state index contributed by atoms with van der Waals surface area (Å²) in [6, 6.07) is 3.47. The molecule has 1 atom stereocenters. The van der Waals surface area contributed by atoms with E-state index >= 15 is 0 Å². The number of fused-ring (bicyclic) bond motifs is 1. The Hall–Kier alpha value is -2.78. The highest BCUT2D eigenvalue weighted by atomic mass is 32.1. The fraction of sp³-hybridized carbons (Fsp3) is 0.368. The largest absolute Gasteiger partial charge is 0.349 e. The second kappa shape index (κ2) is 7.69. The van der Waals surface area contributed by atoms with Gasteiger partial charge in [-0.25, -0.2) is 15.4 Å². The summed E-state index contributed by atoms with van der Waals surface area (Å²) in [5.74, 6) is -0.530. The van der Waals surface area contributed by atoms with Gasteiger partial charge in [-0.05, 0) is 24.5 Å². The van der Waals surface area contributed by atoms with Crippen LogP contribution in [0.25, 0.3) is 21.7 Å². The molecule has 0 fully saturated rings. The van der Waals surface area contributed by atoms with Crippen molar-refractivity contribution in [2.75, 3.05) is 7.11 Å². The second-order valence-electron chi connectivity index (χ2n) is 7.52. The topological polar surface area (TPSA) is 109 Å². The average molecular weight is 401 g/mol. The third-order valence-electron chi connectivity index (χ3n) is 4.55. The minimum atomic E-state index is -0.328. The van der Waals surface area contributed by atoms with E-state index in [1.54, 1.807) is 24.5 Å². The molecule has 0 saturated carbocycles. The van der Waals surface area contributed by atoms with Crippen molar-refractivity contribution in [3.8, 4) is 10.6 Å². The maximum Gasteiger partial charge on any atom is 0.284 e. The molecule has 9 heteroatoms. The number of hydrogen-bond donors (Lipinski definition) is 3. The number of H-pyrrole nitrogens is 1. The summed E-state index contributed by atoms with van der Waals surface area (Å²) in [7, 11) is 1.38. The van der Waals surface area contributed by atoms with Gasteiger partial charge in [-0.3, -0.25) is 14.4 Å². The molecule has 3 aromatic heterocycles. The molecule has 0 saturated heterocycles. The third-order valence-corrected chi connectivity index (χ3v) is 5.66. The molecule has 1 unspecified atom stereocenters. The lowest BCUT2D eigenvalue weighted by molar-refractivity contribution is 0.0542. The normalized spacial score (nSPS) is 12.8. The molecule has 148 valence electrons. The Morgan fingerprint density at radius 3 is 2.68 bits per heavy atom. The van der Waals surface area contributed by atoms with Gasteiger partial charge in [-0.15, -0.1) is 11.3 Å². The molecule has 2 amide bonds. The van der Waals surface area contributed by atoms with Crippen LogP contribution in [0.1, 0.15) is 47.7 Å². The van der Waals surface area contributed by atoms with Crippen LogP contribution in [-0.2, 0) is 4.84 Å². The molecule has 0 aliphatic heterocycles. The Labute approximate surface area is 166 Å². The first-order valence-electron chi connectivity index (χ1n) is 8.79. The lowest BCUT2D eigenvalue weighted by Crippen LogP contribution is -2.41. The SMILES string of the molecule is CONC(=O)c1ccc(-c2cnc3[nH]cc(C(=O)NC(C)C(C)(C)C)c3n2)s1. The Morgan fingerprint density at radius 1 is 1.25 bits per heavy atom. The van der Waals surface area contributed by atoms with Crippen LogP contribution in [0.5, 0.6) is 0 Å². The van der Waals surface area contributed by atoms with Crippen molar-refractivity contribution in [3.63, 3.8) is 0 Å².